The molecule has 1 aliphatic rings. The Bertz CT molecular complexity index is 191. The van der Waals surface area contributed by atoms with Crippen LogP contribution in [0.3, 0.4) is 0 Å². The van der Waals surface area contributed by atoms with Crippen LogP contribution in [0.2, 0.25) is 0 Å². The van der Waals surface area contributed by atoms with Gasteiger partial charge in [-0.3, -0.25) is 4.79 Å². The van der Waals surface area contributed by atoms with Crippen molar-refractivity contribution in [3.8, 4) is 0 Å². The topological polar surface area (TPSA) is 29.1 Å². The Labute approximate surface area is 78.7 Å². The first kappa shape index (κ1) is 9.85. The molecule has 2 nitrogen and oxygen atoms in total. The number of carbonyl (C=O) groups is 1. The van der Waals surface area contributed by atoms with E-state index in [2.05, 4.69) is 12.2 Å². The lowest BCUT2D eigenvalue weighted by Gasteiger charge is -2.20. The van der Waals surface area contributed by atoms with Crippen LogP contribution in [0.25, 0.3) is 0 Å². The van der Waals surface area contributed by atoms with Crippen LogP contribution in [0.4, 0.5) is 0 Å². The molecule has 1 N–H and O–H groups in total. The molecule has 0 aromatic rings. The minimum Gasteiger partial charge on any atom is -0.353 e. The molecule has 0 bridgehead atoms. The lowest BCUT2D eigenvalue weighted by molar-refractivity contribution is -0.128. The van der Waals surface area contributed by atoms with E-state index in [1.54, 1.807) is 0 Å². The number of halogens is 1. The van der Waals surface area contributed by atoms with Gasteiger partial charge in [0, 0.05) is 11.9 Å². The molecule has 1 rings (SSSR count). The van der Waals surface area contributed by atoms with Crippen LogP contribution in [0, 0.1) is 11.3 Å². The molecule has 2 atom stereocenters. The van der Waals surface area contributed by atoms with E-state index in [4.69, 9.17) is 11.6 Å². The lowest BCUT2D eigenvalue weighted by atomic mass is 9.95. The van der Waals surface area contributed by atoms with Crippen molar-refractivity contribution < 1.29 is 4.79 Å². The minimum atomic E-state index is -0.427. The van der Waals surface area contributed by atoms with E-state index in [-0.39, 0.29) is 5.91 Å². The van der Waals surface area contributed by atoms with Crippen LogP contribution >= 0.6 is 11.6 Å². The van der Waals surface area contributed by atoms with Crippen molar-refractivity contribution >= 4 is 17.5 Å². The van der Waals surface area contributed by atoms with Gasteiger partial charge in [0.2, 0.25) is 5.91 Å². The zero-order chi connectivity index (χ0) is 9.35. The van der Waals surface area contributed by atoms with Gasteiger partial charge in [0.05, 0.1) is 5.41 Å². The maximum Gasteiger partial charge on any atom is 0.227 e. The van der Waals surface area contributed by atoms with Crippen LogP contribution in [0.15, 0.2) is 0 Å². The third kappa shape index (κ3) is 2.13. The van der Waals surface area contributed by atoms with Crippen molar-refractivity contribution in [3.05, 3.63) is 0 Å². The van der Waals surface area contributed by atoms with Crippen molar-refractivity contribution in [3.63, 3.8) is 0 Å². The summed E-state index contributed by atoms with van der Waals surface area (Å²) < 4.78 is 0. The van der Waals surface area contributed by atoms with E-state index in [9.17, 15) is 4.79 Å². The molecule has 0 spiro atoms. The third-order valence-electron chi connectivity index (χ3n) is 2.37. The highest BCUT2D eigenvalue weighted by atomic mass is 35.5. The Hall–Kier alpha value is -0.240. The van der Waals surface area contributed by atoms with Crippen molar-refractivity contribution in [1.29, 1.82) is 0 Å². The smallest absolute Gasteiger partial charge is 0.227 e. The molecule has 0 saturated heterocycles. The van der Waals surface area contributed by atoms with Gasteiger partial charge in [-0.15, -0.1) is 11.6 Å². The van der Waals surface area contributed by atoms with Crippen LogP contribution in [0.5, 0.6) is 0 Å². The molecule has 0 aromatic carbocycles. The van der Waals surface area contributed by atoms with Crippen molar-refractivity contribution in [2.45, 2.75) is 33.2 Å². The Morgan fingerprint density at radius 1 is 1.67 bits per heavy atom. The van der Waals surface area contributed by atoms with Gasteiger partial charge >= 0.3 is 0 Å². The van der Waals surface area contributed by atoms with Crippen molar-refractivity contribution in [2.24, 2.45) is 11.3 Å². The summed E-state index contributed by atoms with van der Waals surface area (Å²) in [6, 6.07) is 0.403. The summed E-state index contributed by atoms with van der Waals surface area (Å²) >= 11 is 5.67. The predicted octanol–water partition coefficient (Wildman–Crippen LogP) is 1.78. The van der Waals surface area contributed by atoms with E-state index >= 15 is 0 Å². The summed E-state index contributed by atoms with van der Waals surface area (Å²) in [6.45, 7) is 5.86. The molecule has 0 aliphatic heterocycles. The summed E-state index contributed by atoms with van der Waals surface area (Å²) in [4.78, 5) is 11.5. The van der Waals surface area contributed by atoms with E-state index in [0.29, 0.717) is 17.8 Å². The molecule has 2 unspecified atom stereocenters. The molecule has 1 fully saturated rings. The second kappa shape index (κ2) is 3.25. The Kier molecular flexibility index (Phi) is 2.67. The van der Waals surface area contributed by atoms with Gasteiger partial charge in [0.25, 0.3) is 0 Å². The van der Waals surface area contributed by atoms with E-state index in [1.165, 1.54) is 0 Å². The quantitative estimate of drug-likeness (QED) is 0.674. The molecule has 1 saturated carbocycles. The van der Waals surface area contributed by atoms with Gasteiger partial charge in [-0.05, 0) is 26.2 Å². The Balaban J connectivity index is 2.37. The van der Waals surface area contributed by atoms with Gasteiger partial charge in [-0.25, -0.2) is 0 Å². The van der Waals surface area contributed by atoms with Gasteiger partial charge in [0.15, 0.2) is 0 Å². The molecular weight excluding hydrogens is 174 g/mol. The maximum atomic E-state index is 11.5. The summed E-state index contributed by atoms with van der Waals surface area (Å²) in [6.07, 6.45) is 1.12. The summed E-state index contributed by atoms with van der Waals surface area (Å²) in [7, 11) is 0. The highest BCUT2D eigenvalue weighted by Crippen LogP contribution is 2.30. The molecule has 0 aromatic heterocycles. The van der Waals surface area contributed by atoms with Gasteiger partial charge < -0.3 is 5.32 Å². The van der Waals surface area contributed by atoms with Crippen molar-refractivity contribution in [2.75, 3.05) is 5.88 Å². The number of amides is 1. The first-order chi connectivity index (χ1) is 5.47. The highest BCUT2D eigenvalue weighted by molar-refractivity contribution is 6.19. The fourth-order valence-electron chi connectivity index (χ4n) is 0.948. The minimum absolute atomic E-state index is 0.0758. The van der Waals surface area contributed by atoms with Crippen LogP contribution < -0.4 is 5.32 Å². The number of hydrogen-bond acceptors (Lipinski definition) is 1. The zero-order valence-corrected chi connectivity index (χ0v) is 8.61. The molecule has 1 amide bonds. The number of hydrogen-bond donors (Lipinski definition) is 1. The second-order valence-electron chi connectivity index (χ2n) is 4.31. The molecule has 1 aliphatic carbocycles. The molecule has 70 valence electrons. The normalized spacial score (nSPS) is 28.3. The fourth-order valence-corrected chi connectivity index (χ4v) is 1.07. The molecular formula is C9H16ClNO. The average Bonchev–Trinajstić information content (AvgIpc) is 2.66. The number of carbonyl (C=O) groups excluding carboxylic acids is 1. The van der Waals surface area contributed by atoms with E-state index in [0.717, 1.165) is 6.42 Å². The van der Waals surface area contributed by atoms with E-state index < -0.39 is 5.41 Å². The summed E-state index contributed by atoms with van der Waals surface area (Å²) in [5.41, 5.74) is -0.427. The number of nitrogens with one attached hydrogen (secondary N) is 1. The van der Waals surface area contributed by atoms with Gasteiger partial charge in [-0.1, -0.05) is 6.92 Å². The molecule has 12 heavy (non-hydrogen) atoms. The fraction of sp³-hybridized carbons (Fsp3) is 0.889. The predicted molar refractivity (Wildman–Crippen MR) is 50.2 cm³/mol. The van der Waals surface area contributed by atoms with E-state index in [1.807, 2.05) is 13.8 Å². The van der Waals surface area contributed by atoms with Gasteiger partial charge in [0.1, 0.15) is 0 Å². The molecule has 0 heterocycles. The average molecular weight is 190 g/mol. The first-order valence-electron chi connectivity index (χ1n) is 4.34. The van der Waals surface area contributed by atoms with Gasteiger partial charge in [-0.2, -0.15) is 0 Å². The largest absolute Gasteiger partial charge is 0.353 e. The lowest BCUT2D eigenvalue weighted by Crippen LogP contribution is -2.39. The Morgan fingerprint density at radius 3 is 2.50 bits per heavy atom. The SMILES string of the molecule is CC1CC1NC(=O)C(C)(C)CCl. The number of rotatable bonds is 3. The standard InChI is InChI=1S/C9H16ClNO/c1-6-4-7(6)11-8(12)9(2,3)5-10/h6-7H,4-5H2,1-3H3,(H,11,12). The second-order valence-corrected chi connectivity index (χ2v) is 4.58. The van der Waals surface area contributed by atoms with Crippen molar-refractivity contribution in [1.82, 2.24) is 5.32 Å². The van der Waals surface area contributed by atoms with Crippen LogP contribution in [-0.4, -0.2) is 17.8 Å². The molecule has 3 heteroatoms. The summed E-state index contributed by atoms with van der Waals surface area (Å²) in [5.74, 6) is 1.10. The van der Waals surface area contributed by atoms with Crippen LogP contribution in [0.1, 0.15) is 27.2 Å². The highest BCUT2D eigenvalue weighted by Gasteiger charge is 2.37. The Morgan fingerprint density at radius 2 is 2.17 bits per heavy atom. The van der Waals surface area contributed by atoms with Crippen LogP contribution in [-0.2, 0) is 4.79 Å². The maximum absolute atomic E-state index is 11.5. The zero-order valence-electron chi connectivity index (χ0n) is 7.86. The number of alkyl halides is 1. The monoisotopic (exact) mass is 189 g/mol. The third-order valence-corrected chi connectivity index (χ3v) is 3.04. The first-order valence-corrected chi connectivity index (χ1v) is 4.88. The molecule has 0 radical (unpaired) electrons. The summed E-state index contributed by atoms with van der Waals surface area (Å²) in [5, 5.41) is 2.97.